The first kappa shape index (κ1) is 11.8. The van der Waals surface area contributed by atoms with Gasteiger partial charge in [-0.1, -0.05) is 0 Å². The summed E-state index contributed by atoms with van der Waals surface area (Å²) in [7, 11) is 1.39. The van der Waals surface area contributed by atoms with Crippen molar-refractivity contribution in [2.45, 2.75) is 12.0 Å². The van der Waals surface area contributed by atoms with Crippen molar-refractivity contribution in [3.8, 4) is 0 Å². The highest BCUT2D eigenvalue weighted by Gasteiger charge is 2.36. The molecule has 2 rings (SSSR count). The molecule has 0 aromatic carbocycles. The minimum absolute atomic E-state index is 0.366. The van der Waals surface area contributed by atoms with Crippen LogP contribution in [0.4, 0.5) is 0 Å². The number of aromatic amines is 1. The van der Waals surface area contributed by atoms with Crippen molar-refractivity contribution >= 4 is 0 Å². The zero-order valence-electron chi connectivity index (χ0n) is 9.12. The summed E-state index contributed by atoms with van der Waals surface area (Å²) in [5, 5.41) is 9.15. The van der Waals surface area contributed by atoms with Crippen LogP contribution in [0.15, 0.2) is 34.0 Å². The predicted molar refractivity (Wildman–Crippen MR) is 57.4 cm³/mol. The standard InChI is InChI=1S/C10H12N2O5/c1-16-10(6-13)4-2-8(17-10)12-5-3-7(14)11-9(12)15/h2-5,8,13H,6H2,1H3,(H,11,14,15)/t8-,10-/m1/s1. The average molecular weight is 240 g/mol. The Labute approximate surface area is 95.9 Å². The Morgan fingerprint density at radius 1 is 1.65 bits per heavy atom. The number of aromatic nitrogens is 2. The zero-order chi connectivity index (χ0) is 12.5. The molecule has 0 amide bonds. The lowest BCUT2D eigenvalue weighted by Gasteiger charge is -2.25. The van der Waals surface area contributed by atoms with Crippen molar-refractivity contribution in [1.82, 2.24) is 9.55 Å². The van der Waals surface area contributed by atoms with Gasteiger partial charge < -0.3 is 14.6 Å². The van der Waals surface area contributed by atoms with E-state index in [4.69, 9.17) is 14.6 Å². The van der Waals surface area contributed by atoms with Gasteiger partial charge in [0.1, 0.15) is 6.61 Å². The summed E-state index contributed by atoms with van der Waals surface area (Å²) in [5.74, 6) is -1.24. The van der Waals surface area contributed by atoms with Crippen LogP contribution in [0.2, 0.25) is 0 Å². The van der Waals surface area contributed by atoms with Crippen LogP contribution in [0, 0.1) is 0 Å². The second-order valence-corrected chi connectivity index (χ2v) is 3.56. The van der Waals surface area contributed by atoms with E-state index in [0.717, 1.165) is 0 Å². The molecule has 92 valence electrons. The Morgan fingerprint density at radius 3 is 2.94 bits per heavy atom. The summed E-state index contributed by atoms with van der Waals surface area (Å²) in [6.45, 7) is -0.366. The van der Waals surface area contributed by atoms with Gasteiger partial charge in [0.15, 0.2) is 6.23 Å². The highest BCUT2D eigenvalue weighted by atomic mass is 16.7. The van der Waals surface area contributed by atoms with Gasteiger partial charge in [0.2, 0.25) is 5.79 Å². The Kier molecular flexibility index (Phi) is 2.97. The van der Waals surface area contributed by atoms with Crippen LogP contribution in [0.5, 0.6) is 0 Å². The molecule has 2 N–H and O–H groups in total. The van der Waals surface area contributed by atoms with E-state index in [9.17, 15) is 9.59 Å². The topological polar surface area (TPSA) is 93.5 Å². The number of hydrogen-bond donors (Lipinski definition) is 2. The molecule has 1 aliphatic heterocycles. The summed E-state index contributed by atoms with van der Waals surface area (Å²) >= 11 is 0. The van der Waals surface area contributed by atoms with Crippen molar-refractivity contribution in [2.24, 2.45) is 0 Å². The lowest BCUT2D eigenvalue weighted by atomic mass is 10.3. The van der Waals surface area contributed by atoms with E-state index in [1.54, 1.807) is 6.08 Å². The molecule has 0 saturated heterocycles. The highest BCUT2D eigenvalue weighted by molar-refractivity contribution is 5.06. The van der Waals surface area contributed by atoms with E-state index in [-0.39, 0.29) is 6.61 Å². The molecule has 7 nitrogen and oxygen atoms in total. The number of aliphatic hydroxyl groups excluding tert-OH is 1. The van der Waals surface area contributed by atoms with E-state index in [2.05, 4.69) is 4.98 Å². The lowest BCUT2D eigenvalue weighted by molar-refractivity contribution is -0.225. The molecule has 7 heteroatoms. The summed E-state index contributed by atoms with van der Waals surface area (Å²) in [6, 6.07) is 1.21. The van der Waals surface area contributed by atoms with Crippen LogP contribution in [0.25, 0.3) is 0 Å². The molecule has 1 aromatic rings. The van der Waals surface area contributed by atoms with E-state index >= 15 is 0 Å². The number of H-pyrrole nitrogens is 1. The van der Waals surface area contributed by atoms with Crippen LogP contribution >= 0.6 is 0 Å². The molecule has 1 aromatic heterocycles. The minimum Gasteiger partial charge on any atom is -0.390 e. The molecule has 1 aliphatic rings. The smallest absolute Gasteiger partial charge is 0.330 e. The van der Waals surface area contributed by atoms with Crippen molar-refractivity contribution in [2.75, 3.05) is 13.7 Å². The molecule has 2 heterocycles. The fourth-order valence-electron chi connectivity index (χ4n) is 1.56. The van der Waals surface area contributed by atoms with E-state index in [0.29, 0.717) is 0 Å². The zero-order valence-corrected chi connectivity index (χ0v) is 9.12. The van der Waals surface area contributed by atoms with Gasteiger partial charge >= 0.3 is 5.69 Å². The van der Waals surface area contributed by atoms with Gasteiger partial charge in [0, 0.05) is 19.4 Å². The number of methoxy groups -OCH3 is 1. The van der Waals surface area contributed by atoms with Gasteiger partial charge in [-0.25, -0.2) is 4.79 Å². The molecule has 0 unspecified atom stereocenters. The van der Waals surface area contributed by atoms with Gasteiger partial charge in [0.05, 0.1) is 0 Å². The molecule has 2 atom stereocenters. The first-order chi connectivity index (χ1) is 8.10. The van der Waals surface area contributed by atoms with Crippen molar-refractivity contribution in [1.29, 1.82) is 0 Å². The van der Waals surface area contributed by atoms with Crippen LogP contribution in [-0.2, 0) is 9.47 Å². The SMILES string of the molecule is CO[C@]1(CO)C=C[C@H](n2ccc(=O)[nH]c2=O)O1. The molecule has 0 aliphatic carbocycles. The van der Waals surface area contributed by atoms with Crippen molar-refractivity contribution in [3.63, 3.8) is 0 Å². The number of rotatable bonds is 3. The van der Waals surface area contributed by atoms with E-state index < -0.39 is 23.3 Å². The summed E-state index contributed by atoms with van der Waals surface area (Å²) in [6.07, 6.45) is 3.69. The number of aliphatic hydroxyl groups is 1. The fourth-order valence-corrected chi connectivity index (χ4v) is 1.56. The Morgan fingerprint density at radius 2 is 2.41 bits per heavy atom. The number of ether oxygens (including phenoxy) is 2. The average Bonchev–Trinajstić information content (AvgIpc) is 2.74. The largest absolute Gasteiger partial charge is 0.390 e. The molecular formula is C10H12N2O5. The molecule has 17 heavy (non-hydrogen) atoms. The molecule has 0 spiro atoms. The number of nitrogens with zero attached hydrogens (tertiary/aromatic N) is 1. The van der Waals surface area contributed by atoms with Gasteiger partial charge in [-0.2, -0.15) is 0 Å². The molecule has 0 fully saturated rings. The number of nitrogens with one attached hydrogen (secondary N) is 1. The number of hydrogen-bond acceptors (Lipinski definition) is 5. The Bertz CT molecular complexity index is 540. The second-order valence-electron chi connectivity index (χ2n) is 3.56. The molecular weight excluding hydrogens is 228 g/mol. The third-order valence-corrected chi connectivity index (χ3v) is 2.53. The van der Waals surface area contributed by atoms with Crippen LogP contribution in [-0.4, -0.2) is 34.2 Å². The van der Waals surface area contributed by atoms with Crippen LogP contribution in [0.3, 0.4) is 0 Å². The summed E-state index contributed by atoms with van der Waals surface area (Å²) < 4.78 is 11.6. The van der Waals surface area contributed by atoms with Gasteiger partial charge in [-0.3, -0.25) is 14.3 Å². The van der Waals surface area contributed by atoms with Gasteiger partial charge in [-0.05, 0) is 12.2 Å². The van der Waals surface area contributed by atoms with Crippen LogP contribution in [0.1, 0.15) is 6.23 Å². The predicted octanol–water partition coefficient (Wildman–Crippen LogP) is -1.04. The molecule has 0 saturated carbocycles. The lowest BCUT2D eigenvalue weighted by Crippen LogP contribution is -2.38. The third kappa shape index (κ3) is 2.07. The quantitative estimate of drug-likeness (QED) is 0.658. The highest BCUT2D eigenvalue weighted by Crippen LogP contribution is 2.28. The first-order valence-corrected chi connectivity index (χ1v) is 4.95. The Balaban J connectivity index is 2.31. The van der Waals surface area contributed by atoms with E-state index in [1.165, 1.54) is 30.0 Å². The monoisotopic (exact) mass is 240 g/mol. The maximum atomic E-state index is 11.5. The normalized spacial score (nSPS) is 27.5. The van der Waals surface area contributed by atoms with E-state index in [1.807, 2.05) is 0 Å². The maximum Gasteiger partial charge on any atom is 0.330 e. The summed E-state index contributed by atoms with van der Waals surface area (Å²) in [5.41, 5.74) is -1.06. The summed E-state index contributed by atoms with van der Waals surface area (Å²) in [4.78, 5) is 24.5. The van der Waals surface area contributed by atoms with Gasteiger partial charge in [0.25, 0.3) is 5.56 Å². The second kappa shape index (κ2) is 4.28. The van der Waals surface area contributed by atoms with Crippen molar-refractivity contribution in [3.05, 3.63) is 45.3 Å². The maximum absolute atomic E-state index is 11.5. The van der Waals surface area contributed by atoms with Crippen molar-refractivity contribution < 1.29 is 14.6 Å². The molecule has 0 bridgehead atoms. The first-order valence-electron chi connectivity index (χ1n) is 4.95. The Hall–Kier alpha value is -1.70. The van der Waals surface area contributed by atoms with Crippen LogP contribution < -0.4 is 11.2 Å². The van der Waals surface area contributed by atoms with Gasteiger partial charge in [-0.15, -0.1) is 0 Å². The minimum atomic E-state index is -1.24. The molecule has 0 radical (unpaired) electrons. The fraction of sp³-hybridized carbons (Fsp3) is 0.400. The third-order valence-electron chi connectivity index (χ3n) is 2.53.